The monoisotopic (exact) mass is 180 g/mol. The largest absolute Gasteiger partial charge is 0.507 e. The van der Waals surface area contributed by atoms with Crippen molar-refractivity contribution in [3.05, 3.63) is 28.8 Å². The molecule has 0 amide bonds. The summed E-state index contributed by atoms with van der Waals surface area (Å²) >= 11 is 0. The molecule has 0 bridgehead atoms. The summed E-state index contributed by atoms with van der Waals surface area (Å²) in [6.45, 7) is 1.57. The van der Waals surface area contributed by atoms with Crippen LogP contribution >= 0.6 is 0 Å². The summed E-state index contributed by atoms with van der Waals surface area (Å²) in [6.07, 6.45) is 0.405. The number of aromatic hydroxyl groups is 1. The Kier molecular flexibility index (Phi) is 2.32. The molecule has 1 aromatic carbocycles. The summed E-state index contributed by atoms with van der Waals surface area (Å²) in [4.78, 5) is 21.1. The average molecular weight is 180 g/mol. The van der Waals surface area contributed by atoms with Crippen molar-refractivity contribution < 1.29 is 19.8 Å². The molecule has 0 saturated carbocycles. The molecular weight excluding hydrogens is 172 g/mol. The minimum Gasteiger partial charge on any atom is -0.507 e. The fraction of sp³-hybridized carbons (Fsp3) is 0.111. The quantitative estimate of drug-likeness (QED) is 0.671. The zero-order chi connectivity index (χ0) is 10.0. The SMILES string of the molecule is Cc1ccc(C=O)c(C(=O)O)c1O. The molecule has 0 aliphatic carbocycles. The Morgan fingerprint density at radius 2 is 2.08 bits per heavy atom. The molecule has 1 aromatic rings. The predicted molar refractivity (Wildman–Crippen MR) is 45.2 cm³/mol. The Bertz CT molecular complexity index is 368. The number of carbonyl (C=O) groups excluding carboxylic acids is 1. The zero-order valence-corrected chi connectivity index (χ0v) is 6.94. The third kappa shape index (κ3) is 1.51. The van der Waals surface area contributed by atoms with Gasteiger partial charge in [0.25, 0.3) is 0 Å². The molecule has 4 heteroatoms. The number of phenols is 1. The highest BCUT2D eigenvalue weighted by Gasteiger charge is 2.16. The van der Waals surface area contributed by atoms with E-state index in [1.54, 1.807) is 6.92 Å². The summed E-state index contributed by atoms with van der Waals surface area (Å²) in [5.74, 6) is -1.65. The molecular formula is C9H8O4. The van der Waals surface area contributed by atoms with Gasteiger partial charge in [0.2, 0.25) is 0 Å². The van der Waals surface area contributed by atoms with Gasteiger partial charge in [-0.1, -0.05) is 12.1 Å². The van der Waals surface area contributed by atoms with Crippen molar-refractivity contribution in [2.45, 2.75) is 6.92 Å². The number of carboxylic acid groups (broad SMARTS) is 1. The number of rotatable bonds is 2. The van der Waals surface area contributed by atoms with Crippen molar-refractivity contribution in [2.24, 2.45) is 0 Å². The van der Waals surface area contributed by atoms with Crippen LogP contribution in [0.15, 0.2) is 12.1 Å². The van der Waals surface area contributed by atoms with Gasteiger partial charge in [-0.15, -0.1) is 0 Å². The second-order valence-corrected chi connectivity index (χ2v) is 2.62. The molecule has 2 N–H and O–H groups in total. The van der Waals surface area contributed by atoms with Crippen LogP contribution in [0.3, 0.4) is 0 Å². The molecule has 0 heterocycles. The number of hydrogen-bond acceptors (Lipinski definition) is 3. The first kappa shape index (κ1) is 9.25. The summed E-state index contributed by atoms with van der Waals surface area (Å²) < 4.78 is 0. The first-order chi connectivity index (χ1) is 6.07. The Morgan fingerprint density at radius 3 is 2.54 bits per heavy atom. The van der Waals surface area contributed by atoms with Gasteiger partial charge in [0.05, 0.1) is 0 Å². The van der Waals surface area contributed by atoms with Crippen molar-refractivity contribution in [1.29, 1.82) is 0 Å². The molecule has 0 atom stereocenters. The molecule has 0 aliphatic heterocycles. The van der Waals surface area contributed by atoms with Crippen molar-refractivity contribution >= 4 is 12.3 Å². The third-order valence-electron chi connectivity index (χ3n) is 1.75. The fourth-order valence-electron chi connectivity index (χ4n) is 1.03. The van der Waals surface area contributed by atoms with Crippen LogP contribution < -0.4 is 0 Å². The van der Waals surface area contributed by atoms with Gasteiger partial charge >= 0.3 is 5.97 Å². The van der Waals surface area contributed by atoms with E-state index >= 15 is 0 Å². The lowest BCUT2D eigenvalue weighted by molar-refractivity contribution is 0.0690. The van der Waals surface area contributed by atoms with Gasteiger partial charge in [-0.25, -0.2) is 4.79 Å². The number of carbonyl (C=O) groups is 2. The van der Waals surface area contributed by atoms with Crippen molar-refractivity contribution in [3.8, 4) is 5.75 Å². The number of benzene rings is 1. The minimum atomic E-state index is -1.30. The fourth-order valence-corrected chi connectivity index (χ4v) is 1.03. The highest BCUT2D eigenvalue weighted by Crippen LogP contribution is 2.24. The molecule has 0 fully saturated rings. The smallest absolute Gasteiger partial charge is 0.340 e. The van der Waals surface area contributed by atoms with E-state index in [1.807, 2.05) is 0 Å². The van der Waals surface area contributed by atoms with Gasteiger partial charge in [0.15, 0.2) is 6.29 Å². The lowest BCUT2D eigenvalue weighted by Gasteiger charge is -2.04. The number of aryl methyl sites for hydroxylation is 1. The molecule has 0 aliphatic rings. The van der Waals surface area contributed by atoms with E-state index in [0.717, 1.165) is 0 Å². The minimum absolute atomic E-state index is 0.0180. The third-order valence-corrected chi connectivity index (χ3v) is 1.75. The summed E-state index contributed by atoms with van der Waals surface area (Å²) in [7, 11) is 0. The second kappa shape index (κ2) is 3.26. The van der Waals surface area contributed by atoms with Gasteiger partial charge in [-0.05, 0) is 12.5 Å². The lowest BCUT2D eigenvalue weighted by atomic mass is 10.0. The second-order valence-electron chi connectivity index (χ2n) is 2.62. The Balaban J connectivity index is 3.50. The van der Waals surface area contributed by atoms with E-state index in [9.17, 15) is 14.7 Å². The van der Waals surface area contributed by atoms with Gasteiger partial charge in [0.1, 0.15) is 11.3 Å². The molecule has 4 nitrogen and oxygen atoms in total. The molecule has 68 valence electrons. The normalized spacial score (nSPS) is 9.62. The molecule has 1 rings (SSSR count). The molecule has 0 radical (unpaired) electrons. The maximum absolute atomic E-state index is 10.6. The van der Waals surface area contributed by atoms with Crippen molar-refractivity contribution in [1.82, 2.24) is 0 Å². The van der Waals surface area contributed by atoms with Crippen molar-refractivity contribution in [2.75, 3.05) is 0 Å². The molecule has 0 unspecified atom stereocenters. The van der Waals surface area contributed by atoms with E-state index in [4.69, 9.17) is 5.11 Å². The van der Waals surface area contributed by atoms with Crippen LogP contribution in [-0.4, -0.2) is 22.5 Å². The van der Waals surface area contributed by atoms with E-state index in [1.165, 1.54) is 12.1 Å². The maximum Gasteiger partial charge on any atom is 0.340 e. The molecule has 0 spiro atoms. The summed E-state index contributed by atoms with van der Waals surface area (Å²) in [5.41, 5.74) is 0.0774. The standard InChI is InChI=1S/C9H8O4/c1-5-2-3-6(4-10)7(8(5)11)9(12)13/h2-4,11H,1H3,(H,12,13). The number of hydrogen-bond donors (Lipinski definition) is 2. The number of aromatic carboxylic acids is 1. The summed E-state index contributed by atoms with van der Waals surface area (Å²) in [6, 6.07) is 2.86. The Labute approximate surface area is 74.4 Å². The van der Waals surface area contributed by atoms with E-state index in [0.29, 0.717) is 11.8 Å². The Hall–Kier alpha value is -1.84. The van der Waals surface area contributed by atoms with E-state index in [2.05, 4.69) is 0 Å². The van der Waals surface area contributed by atoms with Gasteiger partial charge in [-0.2, -0.15) is 0 Å². The van der Waals surface area contributed by atoms with Crippen LogP contribution in [-0.2, 0) is 0 Å². The van der Waals surface area contributed by atoms with Crippen LogP contribution in [0.4, 0.5) is 0 Å². The van der Waals surface area contributed by atoms with Crippen LogP contribution in [0.5, 0.6) is 5.75 Å². The Morgan fingerprint density at radius 1 is 1.46 bits per heavy atom. The predicted octanol–water partition coefficient (Wildman–Crippen LogP) is 1.21. The highest BCUT2D eigenvalue weighted by atomic mass is 16.4. The van der Waals surface area contributed by atoms with Crippen molar-refractivity contribution in [3.63, 3.8) is 0 Å². The van der Waals surface area contributed by atoms with Crippen LogP contribution in [0.2, 0.25) is 0 Å². The molecule has 0 aromatic heterocycles. The van der Waals surface area contributed by atoms with E-state index in [-0.39, 0.29) is 16.9 Å². The maximum atomic E-state index is 10.6. The molecule has 0 saturated heterocycles. The van der Waals surface area contributed by atoms with Gasteiger partial charge in [0, 0.05) is 5.56 Å². The van der Waals surface area contributed by atoms with Gasteiger partial charge < -0.3 is 10.2 Å². The topological polar surface area (TPSA) is 74.6 Å². The average Bonchev–Trinajstić information content (AvgIpc) is 2.08. The van der Waals surface area contributed by atoms with E-state index < -0.39 is 5.97 Å². The zero-order valence-electron chi connectivity index (χ0n) is 6.94. The van der Waals surface area contributed by atoms with Crippen LogP contribution in [0.1, 0.15) is 26.3 Å². The van der Waals surface area contributed by atoms with Crippen LogP contribution in [0.25, 0.3) is 0 Å². The first-order valence-electron chi connectivity index (χ1n) is 3.59. The number of aldehydes is 1. The summed E-state index contributed by atoms with van der Waals surface area (Å²) in [5, 5.41) is 18.0. The molecule has 13 heavy (non-hydrogen) atoms. The highest BCUT2D eigenvalue weighted by molar-refractivity contribution is 6.00. The number of carboxylic acids is 1. The van der Waals surface area contributed by atoms with Gasteiger partial charge in [-0.3, -0.25) is 4.79 Å². The van der Waals surface area contributed by atoms with Crippen LogP contribution in [0, 0.1) is 6.92 Å². The lowest BCUT2D eigenvalue weighted by Crippen LogP contribution is -2.03. The first-order valence-corrected chi connectivity index (χ1v) is 3.59.